The first-order valence-electron chi connectivity index (χ1n) is 13.3. The third-order valence-corrected chi connectivity index (χ3v) is 7.79. The predicted molar refractivity (Wildman–Crippen MR) is 150 cm³/mol. The number of nitrogens with zero attached hydrogens (tertiary/aromatic N) is 4. The highest BCUT2D eigenvalue weighted by molar-refractivity contribution is 6.01. The number of hydrogen-bond donors (Lipinski definition) is 0. The molecule has 8 heteroatoms. The molecular weight excluding hydrogens is 492 g/mol. The van der Waals surface area contributed by atoms with E-state index in [0.717, 1.165) is 45.6 Å². The molecule has 1 amide bonds. The van der Waals surface area contributed by atoms with Gasteiger partial charge in [0, 0.05) is 37.6 Å². The Labute approximate surface area is 225 Å². The fraction of sp³-hybridized carbons (Fsp3) is 0.258. The number of morpholine rings is 1. The Hall–Kier alpha value is -4.43. The van der Waals surface area contributed by atoms with Gasteiger partial charge in [-0.1, -0.05) is 31.2 Å². The Morgan fingerprint density at radius 2 is 1.79 bits per heavy atom. The molecule has 0 unspecified atom stereocenters. The van der Waals surface area contributed by atoms with Crippen molar-refractivity contribution in [2.75, 3.05) is 26.3 Å². The van der Waals surface area contributed by atoms with Gasteiger partial charge in [-0.25, -0.2) is 4.98 Å². The molecule has 2 aliphatic heterocycles. The smallest absolute Gasteiger partial charge is 0.259 e. The van der Waals surface area contributed by atoms with E-state index >= 15 is 0 Å². The molecule has 0 saturated carbocycles. The Balaban J connectivity index is 1.58. The number of aromatic nitrogens is 3. The summed E-state index contributed by atoms with van der Waals surface area (Å²) in [6.45, 7) is 7.92. The Morgan fingerprint density at radius 1 is 1.05 bits per heavy atom. The summed E-state index contributed by atoms with van der Waals surface area (Å²) in [6.07, 6.45) is 4.30. The van der Waals surface area contributed by atoms with E-state index in [1.807, 2.05) is 54.9 Å². The van der Waals surface area contributed by atoms with Gasteiger partial charge in [-0.15, -0.1) is 0 Å². The van der Waals surface area contributed by atoms with E-state index < -0.39 is 0 Å². The van der Waals surface area contributed by atoms with E-state index in [-0.39, 0.29) is 16.9 Å². The Kier molecular flexibility index (Phi) is 5.35. The molecule has 2 aromatic heterocycles. The van der Waals surface area contributed by atoms with Crippen molar-refractivity contribution in [1.29, 1.82) is 0 Å². The van der Waals surface area contributed by atoms with E-state index in [4.69, 9.17) is 9.47 Å². The van der Waals surface area contributed by atoms with Gasteiger partial charge < -0.3 is 18.9 Å². The topological polar surface area (TPSA) is 78.6 Å². The number of aryl methyl sites for hydroxylation is 3. The zero-order chi connectivity index (χ0) is 26.8. The van der Waals surface area contributed by atoms with Crippen molar-refractivity contribution in [2.24, 2.45) is 0 Å². The zero-order valence-electron chi connectivity index (χ0n) is 22.2. The lowest BCUT2D eigenvalue weighted by Crippen LogP contribution is -2.42. The second-order valence-corrected chi connectivity index (χ2v) is 10.2. The van der Waals surface area contributed by atoms with Gasteiger partial charge >= 0.3 is 0 Å². The summed E-state index contributed by atoms with van der Waals surface area (Å²) >= 11 is 0. The number of amides is 1. The molecule has 3 aromatic carbocycles. The van der Waals surface area contributed by atoms with Crippen molar-refractivity contribution in [3.05, 3.63) is 87.7 Å². The summed E-state index contributed by atoms with van der Waals surface area (Å²) in [5, 5.41) is 2.55. The molecule has 0 N–H and O–H groups in total. The third kappa shape index (κ3) is 3.51. The normalized spacial score (nSPS) is 14.5. The minimum absolute atomic E-state index is 0.150. The number of carbonyl (C=O) groups is 1. The lowest BCUT2D eigenvalue weighted by atomic mass is 10.0. The van der Waals surface area contributed by atoms with E-state index in [1.165, 1.54) is 0 Å². The number of ether oxygens (including phenoxy) is 2. The van der Waals surface area contributed by atoms with Gasteiger partial charge in [0.25, 0.3) is 5.91 Å². The molecule has 2 aliphatic rings. The molecule has 1 fully saturated rings. The molecule has 0 radical (unpaired) electrons. The average Bonchev–Trinajstić information content (AvgIpc) is 3.33. The van der Waals surface area contributed by atoms with Gasteiger partial charge in [-0.05, 0) is 48.4 Å². The Bertz CT molecular complexity index is 1880. The number of fused-ring (bicyclic) bond motifs is 3. The van der Waals surface area contributed by atoms with Crippen LogP contribution >= 0.6 is 0 Å². The lowest BCUT2D eigenvalue weighted by molar-refractivity contribution is 0.0302. The molecule has 0 bridgehead atoms. The summed E-state index contributed by atoms with van der Waals surface area (Å²) in [4.78, 5) is 33.9. The van der Waals surface area contributed by atoms with Gasteiger partial charge in [0.15, 0.2) is 11.5 Å². The van der Waals surface area contributed by atoms with Crippen molar-refractivity contribution in [3.8, 4) is 22.9 Å². The minimum atomic E-state index is -0.292. The highest BCUT2D eigenvalue weighted by Crippen LogP contribution is 2.46. The number of pyridine rings is 1. The van der Waals surface area contributed by atoms with Crippen LogP contribution in [0.1, 0.15) is 34.4 Å². The third-order valence-electron chi connectivity index (χ3n) is 7.79. The standard InChI is InChI=1S/C31H28N4O4/c1-4-26-32-16-19(3)35(26)27-18(2)13-22-28-30(27)39-25-15-21-8-6-5-7-20(21)14-24(25)34(28)17-23(29(22)36)31(37)33-9-11-38-12-10-33/h5-8,13-17H,4,9-12H2,1-3H3. The molecule has 5 aromatic rings. The number of rotatable bonds is 3. The minimum Gasteiger partial charge on any atom is -0.451 e. The summed E-state index contributed by atoms with van der Waals surface area (Å²) in [7, 11) is 0. The molecule has 196 valence electrons. The molecule has 8 nitrogen and oxygen atoms in total. The summed E-state index contributed by atoms with van der Waals surface area (Å²) < 4.78 is 16.2. The zero-order valence-corrected chi connectivity index (χ0v) is 22.2. The maximum atomic E-state index is 14.0. The first kappa shape index (κ1) is 23.7. The highest BCUT2D eigenvalue weighted by Gasteiger charge is 2.31. The van der Waals surface area contributed by atoms with E-state index in [2.05, 4.69) is 28.6 Å². The molecular formula is C31H28N4O4. The molecule has 0 atom stereocenters. The molecule has 1 saturated heterocycles. The van der Waals surface area contributed by atoms with Crippen LogP contribution in [-0.2, 0) is 11.2 Å². The van der Waals surface area contributed by atoms with Gasteiger partial charge in [-0.2, -0.15) is 0 Å². The van der Waals surface area contributed by atoms with Crippen molar-refractivity contribution in [3.63, 3.8) is 0 Å². The Morgan fingerprint density at radius 3 is 2.54 bits per heavy atom. The second-order valence-electron chi connectivity index (χ2n) is 10.2. The van der Waals surface area contributed by atoms with Crippen LogP contribution in [0.3, 0.4) is 0 Å². The molecule has 0 spiro atoms. The van der Waals surface area contributed by atoms with Crippen LogP contribution in [-0.4, -0.2) is 51.2 Å². The quantitative estimate of drug-likeness (QED) is 0.325. The van der Waals surface area contributed by atoms with Gasteiger partial charge in [0.05, 0.1) is 30.0 Å². The lowest BCUT2D eigenvalue weighted by Gasteiger charge is -2.29. The molecule has 4 heterocycles. The number of hydrogen-bond acceptors (Lipinski definition) is 5. The van der Waals surface area contributed by atoms with Crippen molar-refractivity contribution < 1.29 is 14.3 Å². The fourth-order valence-corrected chi connectivity index (χ4v) is 5.86. The van der Waals surface area contributed by atoms with Crippen LogP contribution in [0, 0.1) is 13.8 Å². The van der Waals surface area contributed by atoms with E-state index in [9.17, 15) is 9.59 Å². The average molecular weight is 521 g/mol. The van der Waals surface area contributed by atoms with Gasteiger partial charge in [0.2, 0.25) is 5.43 Å². The first-order chi connectivity index (χ1) is 19.0. The van der Waals surface area contributed by atoms with Crippen LogP contribution in [0.15, 0.2) is 59.7 Å². The monoisotopic (exact) mass is 520 g/mol. The summed E-state index contributed by atoms with van der Waals surface area (Å²) in [5.74, 6) is 1.89. The number of benzene rings is 3. The maximum Gasteiger partial charge on any atom is 0.259 e. The highest BCUT2D eigenvalue weighted by atomic mass is 16.5. The predicted octanol–water partition coefficient (Wildman–Crippen LogP) is 5.09. The van der Waals surface area contributed by atoms with Crippen LogP contribution in [0.4, 0.5) is 0 Å². The van der Waals surface area contributed by atoms with Crippen LogP contribution < -0.4 is 10.2 Å². The van der Waals surface area contributed by atoms with Crippen LogP contribution in [0.2, 0.25) is 0 Å². The maximum absolute atomic E-state index is 14.0. The second kappa shape index (κ2) is 8.81. The molecule has 0 aliphatic carbocycles. The first-order valence-corrected chi connectivity index (χ1v) is 13.3. The van der Waals surface area contributed by atoms with E-state index in [1.54, 1.807) is 11.1 Å². The van der Waals surface area contributed by atoms with Crippen LogP contribution in [0.25, 0.3) is 33.1 Å². The molecule has 39 heavy (non-hydrogen) atoms. The van der Waals surface area contributed by atoms with Gasteiger partial charge in [0.1, 0.15) is 16.9 Å². The number of carbonyl (C=O) groups excluding carboxylic acids is 1. The number of imidazole rings is 1. The largest absolute Gasteiger partial charge is 0.451 e. The van der Waals surface area contributed by atoms with Crippen molar-refractivity contribution in [2.45, 2.75) is 27.2 Å². The van der Waals surface area contributed by atoms with E-state index in [0.29, 0.717) is 48.7 Å². The summed E-state index contributed by atoms with van der Waals surface area (Å²) in [6, 6.07) is 14.1. The molecule has 7 rings (SSSR count). The van der Waals surface area contributed by atoms with Crippen molar-refractivity contribution in [1.82, 2.24) is 19.0 Å². The SMILES string of the molecule is CCc1ncc(C)n1-c1c(C)cc2c(=O)c(C(=O)N3CCOCC3)cn3c2c1Oc1cc2ccccc2cc1-3. The van der Waals surface area contributed by atoms with Gasteiger partial charge in [-0.3, -0.25) is 14.2 Å². The van der Waals surface area contributed by atoms with Crippen LogP contribution in [0.5, 0.6) is 11.5 Å². The fourth-order valence-electron chi connectivity index (χ4n) is 5.86. The van der Waals surface area contributed by atoms with Crippen molar-refractivity contribution >= 4 is 27.6 Å². The summed E-state index contributed by atoms with van der Waals surface area (Å²) in [5.41, 5.74) is 4.00.